The zero-order valence-corrected chi connectivity index (χ0v) is 12.2. The van der Waals surface area contributed by atoms with Gasteiger partial charge in [0.1, 0.15) is 11.5 Å². The average Bonchev–Trinajstić information content (AvgIpc) is 2.81. The molecule has 0 unspecified atom stereocenters. The maximum atomic E-state index is 5.60. The Morgan fingerprint density at radius 3 is 2.67 bits per heavy atom. The number of hydrogen-bond acceptors (Lipinski definition) is 3. The zero-order valence-electron chi connectivity index (χ0n) is 10.1. The van der Waals surface area contributed by atoms with Crippen LogP contribution in [0, 0.1) is 3.77 Å². The molecule has 18 heavy (non-hydrogen) atoms. The van der Waals surface area contributed by atoms with Crippen molar-refractivity contribution in [2.75, 3.05) is 13.2 Å². The predicted octanol–water partition coefficient (Wildman–Crippen LogP) is 3.44. The second-order valence-electron chi connectivity index (χ2n) is 3.90. The van der Waals surface area contributed by atoms with Gasteiger partial charge in [-0.25, -0.2) is 0 Å². The van der Waals surface area contributed by atoms with Gasteiger partial charge in [0.2, 0.25) is 0 Å². The molecule has 0 atom stereocenters. The van der Waals surface area contributed by atoms with Crippen LogP contribution in [-0.2, 0) is 6.54 Å². The highest BCUT2D eigenvalue weighted by Gasteiger charge is 1.98. The molecule has 0 aliphatic carbocycles. The van der Waals surface area contributed by atoms with Crippen molar-refractivity contribution in [3.05, 3.63) is 52.0 Å². The van der Waals surface area contributed by atoms with Gasteiger partial charge in [0.25, 0.3) is 0 Å². The van der Waals surface area contributed by atoms with E-state index >= 15 is 0 Å². The number of hydrogen-bond donors (Lipinski definition) is 1. The molecule has 0 bridgehead atoms. The van der Waals surface area contributed by atoms with Crippen LogP contribution in [0.1, 0.15) is 12.2 Å². The van der Waals surface area contributed by atoms with Gasteiger partial charge in [0.05, 0.1) is 13.2 Å². The van der Waals surface area contributed by atoms with Crippen molar-refractivity contribution >= 4 is 22.6 Å². The van der Waals surface area contributed by atoms with E-state index in [1.807, 2.05) is 42.5 Å². The smallest absolute Gasteiger partial charge is 0.164 e. The van der Waals surface area contributed by atoms with Gasteiger partial charge in [0, 0.05) is 0 Å². The lowest BCUT2D eigenvalue weighted by Gasteiger charge is -2.06. The highest BCUT2D eigenvalue weighted by Crippen LogP contribution is 2.10. The Labute approximate surface area is 121 Å². The molecule has 4 heteroatoms. The first kappa shape index (κ1) is 13.4. The molecule has 0 radical (unpaired) electrons. The van der Waals surface area contributed by atoms with Crippen molar-refractivity contribution in [2.24, 2.45) is 0 Å². The number of ether oxygens (including phenoxy) is 1. The van der Waals surface area contributed by atoms with Crippen molar-refractivity contribution < 1.29 is 9.15 Å². The molecule has 3 nitrogen and oxygen atoms in total. The summed E-state index contributed by atoms with van der Waals surface area (Å²) in [4.78, 5) is 0. The molecule has 0 amide bonds. The third-order valence-corrected chi connectivity index (χ3v) is 3.02. The van der Waals surface area contributed by atoms with E-state index in [0.717, 1.165) is 41.4 Å². The molecule has 0 aliphatic rings. The standard InChI is InChI=1S/C14H16INO2/c15-14-8-7-13(18-14)11-16-9-4-10-17-12-5-2-1-3-6-12/h1-3,5-8,16H,4,9-11H2. The van der Waals surface area contributed by atoms with E-state index in [1.165, 1.54) is 0 Å². The maximum absolute atomic E-state index is 5.60. The third-order valence-electron chi connectivity index (χ3n) is 2.44. The summed E-state index contributed by atoms with van der Waals surface area (Å²) in [6.45, 7) is 2.42. The number of para-hydroxylation sites is 1. The molecule has 2 aromatic rings. The molecule has 0 saturated carbocycles. The van der Waals surface area contributed by atoms with Crippen molar-refractivity contribution in [3.8, 4) is 5.75 Å². The summed E-state index contributed by atoms with van der Waals surface area (Å²) in [7, 11) is 0. The third kappa shape index (κ3) is 4.70. The Hall–Kier alpha value is -1.01. The van der Waals surface area contributed by atoms with Crippen LogP contribution in [0.15, 0.2) is 46.9 Å². The molecule has 0 fully saturated rings. The van der Waals surface area contributed by atoms with Gasteiger partial charge < -0.3 is 14.5 Å². The molecule has 1 aromatic heterocycles. The molecule has 0 saturated heterocycles. The van der Waals surface area contributed by atoms with Crippen LogP contribution >= 0.6 is 22.6 Å². The highest BCUT2D eigenvalue weighted by molar-refractivity contribution is 14.1. The van der Waals surface area contributed by atoms with Crippen molar-refractivity contribution in [1.82, 2.24) is 5.32 Å². The lowest BCUT2D eigenvalue weighted by Crippen LogP contribution is -2.16. The Kier molecular flexibility index (Phi) is 5.54. The quantitative estimate of drug-likeness (QED) is 0.609. The fraction of sp³-hybridized carbons (Fsp3) is 0.286. The normalized spacial score (nSPS) is 10.5. The van der Waals surface area contributed by atoms with Gasteiger partial charge in [-0.05, 0) is 59.8 Å². The van der Waals surface area contributed by atoms with Gasteiger partial charge in [-0.2, -0.15) is 0 Å². The van der Waals surface area contributed by atoms with Gasteiger partial charge in [-0.3, -0.25) is 0 Å². The zero-order chi connectivity index (χ0) is 12.6. The topological polar surface area (TPSA) is 34.4 Å². The van der Waals surface area contributed by atoms with E-state index in [2.05, 4.69) is 27.9 Å². The first-order chi connectivity index (χ1) is 8.84. The number of furan rings is 1. The Bertz CT molecular complexity index is 456. The first-order valence-corrected chi connectivity index (χ1v) is 7.05. The molecular weight excluding hydrogens is 341 g/mol. The van der Waals surface area contributed by atoms with Gasteiger partial charge in [-0.1, -0.05) is 18.2 Å². The monoisotopic (exact) mass is 357 g/mol. The number of nitrogens with one attached hydrogen (secondary N) is 1. The minimum absolute atomic E-state index is 0.729. The van der Waals surface area contributed by atoms with Crippen LogP contribution in [0.2, 0.25) is 0 Å². The lowest BCUT2D eigenvalue weighted by molar-refractivity contribution is 0.307. The van der Waals surface area contributed by atoms with Crippen LogP contribution in [0.3, 0.4) is 0 Å². The summed E-state index contributed by atoms with van der Waals surface area (Å²) < 4.78 is 12.0. The summed E-state index contributed by atoms with van der Waals surface area (Å²) in [6, 6.07) is 13.8. The highest BCUT2D eigenvalue weighted by atomic mass is 127. The summed E-state index contributed by atoms with van der Waals surface area (Å²) >= 11 is 2.17. The summed E-state index contributed by atoms with van der Waals surface area (Å²) in [5.41, 5.74) is 0. The van der Waals surface area contributed by atoms with Gasteiger partial charge in [0.15, 0.2) is 3.77 Å². The van der Waals surface area contributed by atoms with E-state index in [4.69, 9.17) is 9.15 Å². The maximum Gasteiger partial charge on any atom is 0.164 e. The van der Waals surface area contributed by atoms with Crippen LogP contribution in [0.25, 0.3) is 0 Å². The predicted molar refractivity (Wildman–Crippen MR) is 79.7 cm³/mol. The summed E-state index contributed by atoms with van der Waals surface area (Å²) in [6.07, 6.45) is 0.979. The van der Waals surface area contributed by atoms with Crippen molar-refractivity contribution in [3.63, 3.8) is 0 Å². The minimum atomic E-state index is 0.729. The fourth-order valence-electron chi connectivity index (χ4n) is 1.56. The lowest BCUT2D eigenvalue weighted by atomic mass is 10.3. The Balaban J connectivity index is 1.54. The largest absolute Gasteiger partial charge is 0.494 e. The Morgan fingerprint density at radius 2 is 1.94 bits per heavy atom. The molecule has 96 valence electrons. The Morgan fingerprint density at radius 1 is 1.11 bits per heavy atom. The molecule has 1 N–H and O–H groups in total. The van der Waals surface area contributed by atoms with E-state index in [0.29, 0.717) is 0 Å². The van der Waals surface area contributed by atoms with Crippen LogP contribution in [0.4, 0.5) is 0 Å². The van der Waals surface area contributed by atoms with Crippen LogP contribution < -0.4 is 10.1 Å². The average molecular weight is 357 g/mol. The second kappa shape index (κ2) is 7.43. The SMILES string of the molecule is Ic1ccc(CNCCCOc2ccccc2)o1. The molecule has 0 aliphatic heterocycles. The van der Waals surface area contributed by atoms with E-state index in [-0.39, 0.29) is 0 Å². The van der Waals surface area contributed by atoms with Crippen LogP contribution in [-0.4, -0.2) is 13.2 Å². The van der Waals surface area contributed by atoms with E-state index in [9.17, 15) is 0 Å². The molecule has 1 heterocycles. The molecule has 1 aromatic carbocycles. The minimum Gasteiger partial charge on any atom is -0.494 e. The van der Waals surface area contributed by atoms with Gasteiger partial charge in [-0.15, -0.1) is 0 Å². The fourth-order valence-corrected chi connectivity index (χ4v) is 2.02. The molecule has 2 rings (SSSR count). The van der Waals surface area contributed by atoms with E-state index < -0.39 is 0 Å². The molecular formula is C14H16INO2. The molecule has 0 spiro atoms. The summed E-state index contributed by atoms with van der Waals surface area (Å²) in [5, 5.41) is 3.32. The number of benzene rings is 1. The number of rotatable bonds is 7. The van der Waals surface area contributed by atoms with Gasteiger partial charge >= 0.3 is 0 Å². The second-order valence-corrected chi connectivity index (χ2v) is 4.96. The van der Waals surface area contributed by atoms with Crippen LogP contribution in [0.5, 0.6) is 5.75 Å². The first-order valence-electron chi connectivity index (χ1n) is 5.97. The number of halogens is 1. The summed E-state index contributed by atoms with van der Waals surface area (Å²) in [5.74, 6) is 1.90. The van der Waals surface area contributed by atoms with E-state index in [1.54, 1.807) is 0 Å². The van der Waals surface area contributed by atoms with Crippen molar-refractivity contribution in [2.45, 2.75) is 13.0 Å². The van der Waals surface area contributed by atoms with Crippen molar-refractivity contribution in [1.29, 1.82) is 0 Å².